The van der Waals surface area contributed by atoms with Crippen LogP contribution in [-0.4, -0.2) is 44.1 Å². The van der Waals surface area contributed by atoms with Gasteiger partial charge in [-0.3, -0.25) is 14.4 Å². The minimum atomic E-state index is -0.687. The summed E-state index contributed by atoms with van der Waals surface area (Å²) < 4.78 is 29.2. The molecule has 2 amide bonds. The van der Waals surface area contributed by atoms with Crippen LogP contribution in [0.2, 0.25) is 0 Å². The lowest BCUT2D eigenvalue weighted by Crippen LogP contribution is -2.28. The van der Waals surface area contributed by atoms with Gasteiger partial charge in [-0.05, 0) is 30.3 Å². The first-order chi connectivity index (χ1) is 14.5. The van der Waals surface area contributed by atoms with Gasteiger partial charge in [0.2, 0.25) is 5.91 Å². The van der Waals surface area contributed by atoms with Crippen molar-refractivity contribution in [3.05, 3.63) is 48.3 Å². The van der Waals surface area contributed by atoms with Crippen molar-refractivity contribution in [2.75, 3.05) is 36.6 Å². The fourth-order valence-corrected chi connectivity index (χ4v) is 3.33. The molecule has 1 saturated heterocycles. The monoisotopic (exact) mass is 414 g/mol. The zero-order valence-corrected chi connectivity index (χ0v) is 15.9. The summed E-state index contributed by atoms with van der Waals surface area (Å²) in [6.07, 6.45) is -0.0151. The van der Waals surface area contributed by atoms with Crippen molar-refractivity contribution in [3.63, 3.8) is 0 Å². The average Bonchev–Trinajstić information content (AvgIpc) is 3.13. The number of halogens is 1. The topological polar surface area (TPSA) is 94.2 Å². The fourth-order valence-electron chi connectivity index (χ4n) is 3.33. The second-order valence-corrected chi connectivity index (χ2v) is 6.90. The average molecular weight is 414 g/mol. The number of nitrogens with zero attached hydrogens (tertiary/aromatic N) is 1. The maximum absolute atomic E-state index is 13.2. The number of anilines is 2. The van der Waals surface area contributed by atoms with E-state index in [1.54, 1.807) is 18.2 Å². The van der Waals surface area contributed by atoms with Crippen molar-refractivity contribution in [1.29, 1.82) is 0 Å². The lowest BCUT2D eigenvalue weighted by atomic mass is 10.1. The Balaban J connectivity index is 1.32. The van der Waals surface area contributed by atoms with Gasteiger partial charge in [-0.2, -0.15) is 0 Å². The Morgan fingerprint density at radius 1 is 1.13 bits per heavy atom. The Hall–Kier alpha value is -3.62. The molecule has 0 saturated carbocycles. The van der Waals surface area contributed by atoms with Crippen LogP contribution in [0, 0.1) is 11.7 Å². The van der Waals surface area contributed by atoms with Crippen molar-refractivity contribution in [2.24, 2.45) is 5.92 Å². The molecule has 0 aromatic heterocycles. The normalized spacial score (nSPS) is 17.6. The summed E-state index contributed by atoms with van der Waals surface area (Å²) >= 11 is 0. The van der Waals surface area contributed by atoms with Crippen molar-refractivity contribution in [3.8, 4) is 11.5 Å². The number of ether oxygens (including phenoxy) is 3. The molecule has 2 heterocycles. The molecule has 1 fully saturated rings. The lowest BCUT2D eigenvalue weighted by molar-refractivity contribution is -0.151. The summed E-state index contributed by atoms with van der Waals surface area (Å²) in [7, 11) is 0. The number of rotatable bonds is 5. The number of hydrogen-bond donors (Lipinski definition) is 1. The van der Waals surface area contributed by atoms with E-state index in [4.69, 9.17) is 14.2 Å². The summed E-state index contributed by atoms with van der Waals surface area (Å²) in [5, 5.41) is 2.44. The highest BCUT2D eigenvalue weighted by Gasteiger charge is 2.36. The summed E-state index contributed by atoms with van der Waals surface area (Å²) in [5.74, 6) is -1.48. The highest BCUT2D eigenvalue weighted by atomic mass is 19.1. The van der Waals surface area contributed by atoms with Crippen LogP contribution >= 0.6 is 0 Å². The molecule has 1 N–H and O–H groups in total. The van der Waals surface area contributed by atoms with Crippen LogP contribution in [0.5, 0.6) is 11.5 Å². The van der Waals surface area contributed by atoms with Gasteiger partial charge in [0.25, 0.3) is 5.91 Å². The second-order valence-electron chi connectivity index (χ2n) is 6.90. The van der Waals surface area contributed by atoms with Crippen molar-refractivity contribution >= 4 is 29.2 Å². The largest absolute Gasteiger partial charge is 0.486 e. The van der Waals surface area contributed by atoms with Gasteiger partial charge in [0.05, 0.1) is 5.92 Å². The Bertz CT molecular complexity index is 995. The van der Waals surface area contributed by atoms with Gasteiger partial charge >= 0.3 is 5.97 Å². The number of carbonyl (C=O) groups excluding carboxylic acids is 3. The van der Waals surface area contributed by atoms with E-state index in [9.17, 15) is 18.8 Å². The lowest BCUT2D eigenvalue weighted by Gasteiger charge is -2.22. The zero-order chi connectivity index (χ0) is 21.1. The molecule has 0 spiro atoms. The summed E-state index contributed by atoms with van der Waals surface area (Å²) in [4.78, 5) is 38.1. The number of amides is 2. The van der Waals surface area contributed by atoms with Crippen LogP contribution in [0.4, 0.5) is 15.8 Å². The predicted octanol–water partition coefficient (Wildman–Crippen LogP) is 2.13. The van der Waals surface area contributed by atoms with Crippen LogP contribution in [0.1, 0.15) is 6.42 Å². The van der Waals surface area contributed by atoms with Gasteiger partial charge in [0.15, 0.2) is 18.1 Å². The van der Waals surface area contributed by atoms with Crippen molar-refractivity contribution in [1.82, 2.24) is 0 Å². The highest BCUT2D eigenvalue weighted by molar-refractivity contribution is 6.00. The number of hydrogen-bond acceptors (Lipinski definition) is 6. The third kappa shape index (κ3) is 4.35. The van der Waals surface area contributed by atoms with Crippen LogP contribution < -0.4 is 19.7 Å². The van der Waals surface area contributed by atoms with Gasteiger partial charge in [0.1, 0.15) is 19.0 Å². The maximum Gasteiger partial charge on any atom is 0.311 e. The van der Waals surface area contributed by atoms with Crippen molar-refractivity contribution in [2.45, 2.75) is 6.42 Å². The number of fused-ring (bicyclic) bond motifs is 1. The summed E-state index contributed by atoms with van der Waals surface area (Å²) in [6.45, 7) is 0.514. The van der Waals surface area contributed by atoms with E-state index in [2.05, 4.69) is 5.32 Å². The van der Waals surface area contributed by atoms with Crippen LogP contribution in [0.15, 0.2) is 42.5 Å². The number of carbonyl (C=O) groups is 3. The smallest absolute Gasteiger partial charge is 0.311 e. The molecule has 0 aliphatic carbocycles. The molecular weight excluding hydrogens is 395 g/mol. The molecule has 9 heteroatoms. The quantitative estimate of drug-likeness (QED) is 0.754. The SMILES string of the molecule is O=C(COC(=O)[C@H]1CC(=O)N(c2ccc3c(c2)OCCO3)C1)Nc1cccc(F)c1. The molecule has 8 nitrogen and oxygen atoms in total. The Labute approximate surface area is 171 Å². The van der Waals surface area contributed by atoms with E-state index >= 15 is 0 Å². The van der Waals surface area contributed by atoms with Gasteiger partial charge in [-0.25, -0.2) is 4.39 Å². The van der Waals surface area contributed by atoms with E-state index in [1.165, 1.54) is 23.1 Å². The number of benzene rings is 2. The minimum absolute atomic E-state index is 0.0151. The summed E-state index contributed by atoms with van der Waals surface area (Å²) in [5.41, 5.74) is 0.861. The molecule has 0 unspecified atom stereocenters. The molecule has 156 valence electrons. The minimum Gasteiger partial charge on any atom is -0.486 e. The number of nitrogens with one attached hydrogen (secondary N) is 1. The van der Waals surface area contributed by atoms with Crippen molar-refractivity contribution < 1.29 is 33.0 Å². The molecule has 2 aliphatic heterocycles. The Morgan fingerprint density at radius 2 is 1.93 bits per heavy atom. The van der Waals surface area contributed by atoms with Crippen LogP contribution in [0.25, 0.3) is 0 Å². The van der Waals surface area contributed by atoms with E-state index in [0.29, 0.717) is 30.4 Å². The third-order valence-electron chi connectivity index (χ3n) is 4.75. The molecule has 4 rings (SSSR count). The van der Waals surface area contributed by atoms with E-state index < -0.39 is 30.2 Å². The molecule has 30 heavy (non-hydrogen) atoms. The zero-order valence-electron chi connectivity index (χ0n) is 15.9. The first-order valence-corrected chi connectivity index (χ1v) is 9.41. The molecule has 2 aliphatic rings. The fraction of sp³-hybridized carbons (Fsp3) is 0.286. The maximum atomic E-state index is 13.2. The first-order valence-electron chi connectivity index (χ1n) is 9.41. The van der Waals surface area contributed by atoms with E-state index in [0.717, 1.165) is 6.07 Å². The van der Waals surface area contributed by atoms with Gasteiger partial charge in [-0.1, -0.05) is 6.07 Å². The first kappa shape index (κ1) is 19.7. The predicted molar refractivity (Wildman–Crippen MR) is 104 cm³/mol. The molecule has 0 bridgehead atoms. The summed E-state index contributed by atoms with van der Waals surface area (Å²) in [6, 6.07) is 10.5. The molecular formula is C21H19FN2O6. The van der Waals surface area contributed by atoms with Gasteiger partial charge in [0, 0.05) is 30.4 Å². The van der Waals surface area contributed by atoms with Gasteiger partial charge in [-0.15, -0.1) is 0 Å². The number of esters is 1. The standard InChI is InChI=1S/C21H19FN2O6/c22-14-2-1-3-15(9-14)23-19(25)12-30-21(27)13-8-20(26)24(11-13)16-4-5-17-18(10-16)29-7-6-28-17/h1-5,9-10,13H,6-8,11-12H2,(H,23,25)/t13-/m0/s1. The Morgan fingerprint density at radius 3 is 2.73 bits per heavy atom. The van der Waals surface area contributed by atoms with Crippen LogP contribution in [0.3, 0.4) is 0 Å². The van der Waals surface area contributed by atoms with Gasteiger partial charge < -0.3 is 24.4 Å². The molecule has 0 radical (unpaired) electrons. The molecule has 2 aromatic carbocycles. The second kappa shape index (κ2) is 8.40. The molecule has 2 aromatic rings. The third-order valence-corrected chi connectivity index (χ3v) is 4.75. The Kier molecular flexibility index (Phi) is 5.51. The molecule has 1 atom stereocenters. The van der Waals surface area contributed by atoms with E-state index in [1.807, 2.05) is 0 Å². The highest BCUT2D eigenvalue weighted by Crippen LogP contribution is 2.36. The van der Waals surface area contributed by atoms with E-state index in [-0.39, 0.29) is 24.6 Å². The van der Waals surface area contributed by atoms with Crippen LogP contribution in [-0.2, 0) is 19.1 Å².